The highest BCUT2D eigenvalue weighted by atomic mass is 32.2. The Morgan fingerprint density at radius 3 is 2.90 bits per heavy atom. The molecule has 2 heterocycles. The predicted molar refractivity (Wildman–Crippen MR) is 74.4 cm³/mol. The summed E-state index contributed by atoms with van der Waals surface area (Å²) in [6.07, 6.45) is 4.07. The zero-order chi connectivity index (χ0) is 14.2. The topological polar surface area (TPSA) is 76.5 Å². The van der Waals surface area contributed by atoms with Crippen LogP contribution in [0.3, 0.4) is 0 Å². The largest absolute Gasteiger partial charge is 0.373 e. The van der Waals surface area contributed by atoms with Crippen molar-refractivity contribution in [3.63, 3.8) is 0 Å². The van der Waals surface area contributed by atoms with Crippen molar-refractivity contribution in [1.82, 2.24) is 14.1 Å². The Kier molecular flexibility index (Phi) is 3.70. The molecule has 1 N–H and O–H groups in total. The molecule has 0 aromatic carbocycles. The molecular weight excluding hydrogens is 280 g/mol. The zero-order valence-corrected chi connectivity index (χ0v) is 12.4. The average Bonchev–Trinajstić information content (AvgIpc) is 3.05. The molecule has 0 radical (unpaired) electrons. The molecular formula is C12H20N4O3S. The molecule has 0 saturated heterocycles. The van der Waals surface area contributed by atoms with E-state index >= 15 is 0 Å². The van der Waals surface area contributed by atoms with Crippen LogP contribution in [0, 0.1) is 0 Å². The third-order valence-corrected chi connectivity index (χ3v) is 5.54. The van der Waals surface area contributed by atoms with Gasteiger partial charge in [-0.1, -0.05) is 12.8 Å². The average molecular weight is 300 g/mol. The van der Waals surface area contributed by atoms with Crippen LogP contribution in [0.2, 0.25) is 0 Å². The minimum Gasteiger partial charge on any atom is -0.373 e. The molecule has 7 nitrogen and oxygen atoms in total. The van der Waals surface area contributed by atoms with Crippen LogP contribution in [0.25, 0.3) is 0 Å². The first-order chi connectivity index (χ1) is 9.56. The number of ether oxygens (including phenoxy) is 1. The van der Waals surface area contributed by atoms with Crippen LogP contribution in [0.15, 0.2) is 6.07 Å². The summed E-state index contributed by atoms with van der Waals surface area (Å²) in [4.78, 5) is 0. The number of fused-ring (bicyclic) bond motifs is 1. The fraction of sp³-hybridized carbons (Fsp3) is 0.750. The van der Waals surface area contributed by atoms with E-state index in [9.17, 15) is 8.42 Å². The minimum atomic E-state index is -3.53. The van der Waals surface area contributed by atoms with Crippen molar-refractivity contribution in [3.8, 4) is 0 Å². The summed E-state index contributed by atoms with van der Waals surface area (Å²) in [6.45, 7) is 1.76. The SMILES string of the molecule is CN(C1CCCC1)S(=O)(=O)Nc1cc2n(n1)CCOC2. The van der Waals surface area contributed by atoms with Gasteiger partial charge >= 0.3 is 10.2 Å². The number of nitrogens with one attached hydrogen (secondary N) is 1. The molecule has 112 valence electrons. The van der Waals surface area contributed by atoms with Crippen molar-refractivity contribution in [2.24, 2.45) is 0 Å². The van der Waals surface area contributed by atoms with E-state index in [-0.39, 0.29) is 6.04 Å². The highest BCUT2D eigenvalue weighted by Crippen LogP contribution is 2.25. The maximum Gasteiger partial charge on any atom is 0.302 e. The van der Waals surface area contributed by atoms with Crippen LogP contribution in [0.5, 0.6) is 0 Å². The van der Waals surface area contributed by atoms with E-state index in [4.69, 9.17) is 4.74 Å². The van der Waals surface area contributed by atoms with Gasteiger partial charge in [0, 0.05) is 19.2 Å². The summed E-state index contributed by atoms with van der Waals surface area (Å²) in [5.41, 5.74) is 0.900. The van der Waals surface area contributed by atoms with Crippen LogP contribution >= 0.6 is 0 Å². The fourth-order valence-electron chi connectivity index (χ4n) is 2.81. The molecule has 3 rings (SSSR count). The number of aromatic nitrogens is 2. The molecule has 0 spiro atoms. The molecule has 1 saturated carbocycles. The van der Waals surface area contributed by atoms with Gasteiger partial charge in [-0.2, -0.15) is 17.8 Å². The number of nitrogens with zero attached hydrogens (tertiary/aromatic N) is 3. The van der Waals surface area contributed by atoms with Gasteiger partial charge in [-0.3, -0.25) is 9.40 Å². The molecule has 8 heteroatoms. The molecule has 0 amide bonds. The lowest BCUT2D eigenvalue weighted by atomic mass is 10.3. The van der Waals surface area contributed by atoms with Crippen molar-refractivity contribution in [1.29, 1.82) is 0 Å². The Morgan fingerprint density at radius 2 is 2.20 bits per heavy atom. The summed E-state index contributed by atoms with van der Waals surface area (Å²) in [7, 11) is -1.89. The van der Waals surface area contributed by atoms with E-state index < -0.39 is 10.2 Å². The smallest absolute Gasteiger partial charge is 0.302 e. The van der Waals surface area contributed by atoms with Gasteiger partial charge in [0.15, 0.2) is 5.82 Å². The van der Waals surface area contributed by atoms with E-state index in [2.05, 4.69) is 9.82 Å². The normalized spacial score (nSPS) is 20.3. The molecule has 0 unspecified atom stereocenters. The first kappa shape index (κ1) is 13.8. The second-order valence-corrected chi connectivity index (χ2v) is 7.09. The molecule has 1 aromatic heterocycles. The number of anilines is 1. The lowest BCUT2D eigenvalue weighted by molar-refractivity contribution is 0.0801. The van der Waals surface area contributed by atoms with Crippen LogP contribution in [0.1, 0.15) is 31.4 Å². The van der Waals surface area contributed by atoms with Crippen LogP contribution in [-0.4, -0.2) is 42.2 Å². The molecule has 2 aliphatic rings. The summed E-state index contributed by atoms with van der Waals surface area (Å²) < 4.78 is 35.8. The van der Waals surface area contributed by atoms with Crippen LogP contribution < -0.4 is 4.72 Å². The molecule has 1 aromatic rings. The molecule has 1 aliphatic carbocycles. The van der Waals surface area contributed by atoms with Crippen LogP contribution in [-0.2, 0) is 28.1 Å². The van der Waals surface area contributed by atoms with E-state index in [0.717, 1.165) is 31.4 Å². The van der Waals surface area contributed by atoms with Gasteiger partial charge in [0.1, 0.15) is 0 Å². The maximum atomic E-state index is 12.3. The van der Waals surface area contributed by atoms with Crippen molar-refractivity contribution >= 4 is 16.0 Å². The highest BCUT2D eigenvalue weighted by Gasteiger charge is 2.29. The van der Waals surface area contributed by atoms with Gasteiger partial charge < -0.3 is 4.74 Å². The van der Waals surface area contributed by atoms with Crippen molar-refractivity contribution in [2.75, 3.05) is 18.4 Å². The maximum absolute atomic E-state index is 12.3. The molecule has 1 fully saturated rings. The number of hydrogen-bond acceptors (Lipinski definition) is 4. The molecule has 0 atom stereocenters. The van der Waals surface area contributed by atoms with Gasteiger partial charge in [-0.05, 0) is 12.8 Å². The third-order valence-electron chi connectivity index (χ3n) is 4.01. The predicted octanol–water partition coefficient (Wildman–Crippen LogP) is 0.944. The second kappa shape index (κ2) is 5.34. The van der Waals surface area contributed by atoms with Crippen molar-refractivity contribution < 1.29 is 13.2 Å². The second-order valence-electron chi connectivity index (χ2n) is 5.36. The fourth-order valence-corrected chi connectivity index (χ4v) is 3.92. The molecule has 20 heavy (non-hydrogen) atoms. The standard InChI is InChI=1S/C12H20N4O3S/c1-15(10-4-2-3-5-10)20(17,18)14-12-8-11-9-19-7-6-16(11)13-12/h8,10H,2-7,9H2,1H3,(H,13,14). The molecule has 0 bridgehead atoms. The highest BCUT2D eigenvalue weighted by molar-refractivity contribution is 7.90. The van der Waals surface area contributed by atoms with E-state index in [0.29, 0.717) is 25.6 Å². The van der Waals surface area contributed by atoms with Crippen molar-refractivity contribution in [2.45, 2.75) is 44.9 Å². The lowest BCUT2D eigenvalue weighted by Crippen LogP contribution is -2.39. The Labute approximate surface area is 119 Å². The van der Waals surface area contributed by atoms with Gasteiger partial charge in [-0.25, -0.2) is 0 Å². The monoisotopic (exact) mass is 300 g/mol. The summed E-state index contributed by atoms with van der Waals surface area (Å²) >= 11 is 0. The first-order valence-corrected chi connectivity index (χ1v) is 8.40. The Hall–Kier alpha value is -1.12. The first-order valence-electron chi connectivity index (χ1n) is 6.96. The Morgan fingerprint density at radius 1 is 1.45 bits per heavy atom. The summed E-state index contributed by atoms with van der Waals surface area (Å²) in [5.74, 6) is 0.371. The van der Waals surface area contributed by atoms with Gasteiger partial charge in [0.2, 0.25) is 0 Å². The number of rotatable bonds is 4. The van der Waals surface area contributed by atoms with Gasteiger partial charge in [-0.15, -0.1) is 0 Å². The Bertz CT molecular complexity index is 554. The molecule has 1 aliphatic heterocycles. The zero-order valence-electron chi connectivity index (χ0n) is 11.6. The van der Waals surface area contributed by atoms with Gasteiger partial charge in [0.05, 0.1) is 25.5 Å². The summed E-state index contributed by atoms with van der Waals surface area (Å²) in [6, 6.07) is 1.84. The van der Waals surface area contributed by atoms with Gasteiger partial charge in [0.25, 0.3) is 0 Å². The van der Waals surface area contributed by atoms with Crippen molar-refractivity contribution in [3.05, 3.63) is 11.8 Å². The van der Waals surface area contributed by atoms with E-state index in [1.54, 1.807) is 17.8 Å². The third kappa shape index (κ3) is 2.68. The van der Waals surface area contributed by atoms with E-state index in [1.165, 1.54) is 4.31 Å². The quantitative estimate of drug-likeness (QED) is 0.898. The van der Waals surface area contributed by atoms with Crippen LogP contribution in [0.4, 0.5) is 5.82 Å². The summed E-state index contributed by atoms with van der Waals surface area (Å²) in [5, 5.41) is 4.26. The minimum absolute atomic E-state index is 0.105. The lowest BCUT2D eigenvalue weighted by Gasteiger charge is -2.23. The Balaban J connectivity index is 1.73. The number of hydrogen-bond donors (Lipinski definition) is 1. The van der Waals surface area contributed by atoms with E-state index in [1.807, 2.05) is 0 Å².